The summed E-state index contributed by atoms with van der Waals surface area (Å²) in [6.07, 6.45) is 2.20. The van der Waals surface area contributed by atoms with E-state index >= 15 is 0 Å². The van der Waals surface area contributed by atoms with E-state index in [-0.39, 0.29) is 11.3 Å². The van der Waals surface area contributed by atoms with E-state index in [1.165, 1.54) is 11.3 Å². The Kier molecular flexibility index (Phi) is 4.30. The van der Waals surface area contributed by atoms with Crippen molar-refractivity contribution in [1.82, 2.24) is 10.6 Å². The van der Waals surface area contributed by atoms with Crippen molar-refractivity contribution in [3.05, 3.63) is 20.8 Å². The van der Waals surface area contributed by atoms with Gasteiger partial charge in [0.1, 0.15) is 4.88 Å². The quantitative estimate of drug-likeness (QED) is 0.897. The Balaban J connectivity index is 1.94. The SMILES string of the molecule is Cc1csc(C(=O)NCC2(C)CCNCC2)c1Cl. The first-order valence-corrected chi connectivity index (χ1v) is 7.50. The van der Waals surface area contributed by atoms with Gasteiger partial charge in [0, 0.05) is 6.54 Å². The lowest BCUT2D eigenvalue weighted by Gasteiger charge is -2.34. The lowest BCUT2D eigenvalue weighted by atomic mass is 9.81. The van der Waals surface area contributed by atoms with E-state index in [9.17, 15) is 4.79 Å². The van der Waals surface area contributed by atoms with E-state index < -0.39 is 0 Å². The first-order valence-electron chi connectivity index (χ1n) is 6.24. The predicted molar refractivity (Wildman–Crippen MR) is 76.6 cm³/mol. The van der Waals surface area contributed by atoms with Crippen LogP contribution in [0.25, 0.3) is 0 Å². The molecular weight excluding hydrogens is 268 g/mol. The molecule has 1 fully saturated rings. The highest BCUT2D eigenvalue weighted by atomic mass is 35.5. The van der Waals surface area contributed by atoms with Crippen LogP contribution in [0.3, 0.4) is 0 Å². The molecule has 3 nitrogen and oxygen atoms in total. The summed E-state index contributed by atoms with van der Waals surface area (Å²) >= 11 is 7.51. The molecule has 5 heteroatoms. The van der Waals surface area contributed by atoms with Crippen LogP contribution in [0, 0.1) is 12.3 Å². The molecule has 0 radical (unpaired) electrons. The molecule has 0 saturated carbocycles. The van der Waals surface area contributed by atoms with E-state index in [4.69, 9.17) is 11.6 Å². The van der Waals surface area contributed by atoms with Crippen molar-refractivity contribution in [2.45, 2.75) is 26.7 Å². The second-order valence-electron chi connectivity index (χ2n) is 5.31. The standard InChI is InChI=1S/C13H19ClN2OS/c1-9-7-18-11(10(9)14)12(17)16-8-13(2)3-5-15-6-4-13/h7,15H,3-6,8H2,1-2H3,(H,16,17). The first kappa shape index (κ1) is 13.8. The van der Waals surface area contributed by atoms with E-state index in [0.717, 1.165) is 38.0 Å². The summed E-state index contributed by atoms with van der Waals surface area (Å²) in [6, 6.07) is 0. The van der Waals surface area contributed by atoms with E-state index in [0.29, 0.717) is 9.90 Å². The number of piperidine rings is 1. The highest BCUT2D eigenvalue weighted by Crippen LogP contribution is 2.29. The number of amides is 1. The van der Waals surface area contributed by atoms with Gasteiger partial charge in [-0.05, 0) is 49.2 Å². The lowest BCUT2D eigenvalue weighted by Crippen LogP contribution is -2.42. The number of rotatable bonds is 3. The third-order valence-corrected chi connectivity index (χ3v) is 5.29. The maximum absolute atomic E-state index is 12.1. The van der Waals surface area contributed by atoms with Gasteiger partial charge < -0.3 is 10.6 Å². The number of nitrogens with one attached hydrogen (secondary N) is 2. The van der Waals surface area contributed by atoms with Gasteiger partial charge >= 0.3 is 0 Å². The van der Waals surface area contributed by atoms with Gasteiger partial charge in [0.05, 0.1) is 5.02 Å². The minimum atomic E-state index is -0.0437. The molecule has 100 valence electrons. The highest BCUT2D eigenvalue weighted by molar-refractivity contribution is 7.13. The van der Waals surface area contributed by atoms with Crippen molar-refractivity contribution in [3.8, 4) is 0 Å². The molecule has 0 bridgehead atoms. The summed E-state index contributed by atoms with van der Waals surface area (Å²) in [5, 5.41) is 8.87. The van der Waals surface area contributed by atoms with Crippen LogP contribution in [0.2, 0.25) is 5.02 Å². The third kappa shape index (κ3) is 3.05. The summed E-state index contributed by atoms with van der Waals surface area (Å²) in [7, 11) is 0. The van der Waals surface area contributed by atoms with Gasteiger partial charge in [-0.25, -0.2) is 0 Å². The smallest absolute Gasteiger partial charge is 0.262 e. The van der Waals surface area contributed by atoms with Gasteiger partial charge in [0.15, 0.2) is 0 Å². The molecule has 1 amide bonds. The Hall–Kier alpha value is -0.580. The molecule has 1 aromatic rings. The molecule has 0 aliphatic carbocycles. The van der Waals surface area contributed by atoms with Crippen molar-refractivity contribution in [3.63, 3.8) is 0 Å². The first-order chi connectivity index (χ1) is 8.52. The Bertz CT molecular complexity index is 438. The molecule has 1 aliphatic heterocycles. The van der Waals surface area contributed by atoms with Crippen molar-refractivity contribution >= 4 is 28.8 Å². The van der Waals surface area contributed by atoms with Crippen LogP contribution in [0.1, 0.15) is 35.0 Å². The molecule has 0 atom stereocenters. The minimum Gasteiger partial charge on any atom is -0.351 e. The van der Waals surface area contributed by atoms with Crippen LogP contribution >= 0.6 is 22.9 Å². The van der Waals surface area contributed by atoms with Gasteiger partial charge in [-0.2, -0.15) is 0 Å². The maximum atomic E-state index is 12.1. The van der Waals surface area contributed by atoms with Crippen molar-refractivity contribution in [2.24, 2.45) is 5.41 Å². The minimum absolute atomic E-state index is 0.0437. The number of hydrogen-bond acceptors (Lipinski definition) is 3. The number of hydrogen-bond donors (Lipinski definition) is 2. The molecule has 18 heavy (non-hydrogen) atoms. The van der Waals surface area contributed by atoms with Crippen LogP contribution in [0.4, 0.5) is 0 Å². The fourth-order valence-corrected chi connectivity index (χ4v) is 3.36. The predicted octanol–water partition coefficient (Wildman–Crippen LogP) is 2.83. The molecule has 2 rings (SSSR count). The summed E-state index contributed by atoms with van der Waals surface area (Å²) in [5.41, 5.74) is 1.18. The topological polar surface area (TPSA) is 41.1 Å². The number of halogens is 1. The Morgan fingerprint density at radius 1 is 1.56 bits per heavy atom. The van der Waals surface area contributed by atoms with Crippen molar-refractivity contribution in [2.75, 3.05) is 19.6 Å². The lowest BCUT2D eigenvalue weighted by molar-refractivity contribution is 0.0926. The number of carbonyl (C=O) groups excluding carboxylic acids is 1. The van der Waals surface area contributed by atoms with Crippen LogP contribution < -0.4 is 10.6 Å². The van der Waals surface area contributed by atoms with Gasteiger partial charge in [-0.15, -0.1) is 11.3 Å². The summed E-state index contributed by atoms with van der Waals surface area (Å²) in [4.78, 5) is 12.7. The largest absolute Gasteiger partial charge is 0.351 e. The Morgan fingerprint density at radius 3 is 2.78 bits per heavy atom. The molecule has 1 saturated heterocycles. The Labute approximate surface area is 117 Å². The summed E-state index contributed by atoms with van der Waals surface area (Å²) < 4.78 is 0. The van der Waals surface area contributed by atoms with E-state index in [2.05, 4.69) is 17.6 Å². The summed E-state index contributed by atoms with van der Waals surface area (Å²) in [5.74, 6) is -0.0437. The zero-order chi connectivity index (χ0) is 13.2. The molecule has 0 aromatic carbocycles. The third-order valence-electron chi connectivity index (χ3n) is 3.59. The fraction of sp³-hybridized carbons (Fsp3) is 0.615. The van der Waals surface area contributed by atoms with Crippen molar-refractivity contribution in [1.29, 1.82) is 0 Å². The average Bonchev–Trinajstić information content (AvgIpc) is 2.68. The normalized spacial score (nSPS) is 18.6. The van der Waals surface area contributed by atoms with Crippen LogP contribution in [0.15, 0.2) is 5.38 Å². The molecule has 1 aliphatic rings. The monoisotopic (exact) mass is 286 g/mol. The van der Waals surface area contributed by atoms with Gasteiger partial charge in [0.25, 0.3) is 5.91 Å². The summed E-state index contributed by atoms with van der Waals surface area (Å²) in [6.45, 7) is 6.94. The van der Waals surface area contributed by atoms with Crippen LogP contribution in [0.5, 0.6) is 0 Å². The van der Waals surface area contributed by atoms with Crippen LogP contribution in [-0.4, -0.2) is 25.5 Å². The average molecular weight is 287 g/mol. The van der Waals surface area contributed by atoms with Crippen LogP contribution in [-0.2, 0) is 0 Å². The Morgan fingerprint density at radius 2 is 2.22 bits per heavy atom. The maximum Gasteiger partial charge on any atom is 0.262 e. The second kappa shape index (κ2) is 5.59. The number of carbonyl (C=O) groups is 1. The van der Waals surface area contributed by atoms with Gasteiger partial charge in [-0.3, -0.25) is 4.79 Å². The number of thiophene rings is 1. The highest BCUT2D eigenvalue weighted by Gasteiger charge is 2.27. The van der Waals surface area contributed by atoms with E-state index in [1.807, 2.05) is 12.3 Å². The zero-order valence-electron chi connectivity index (χ0n) is 10.8. The molecular formula is C13H19ClN2OS. The molecule has 2 heterocycles. The second-order valence-corrected chi connectivity index (χ2v) is 6.56. The zero-order valence-corrected chi connectivity index (χ0v) is 12.4. The van der Waals surface area contributed by atoms with Gasteiger partial charge in [0.2, 0.25) is 0 Å². The van der Waals surface area contributed by atoms with E-state index in [1.54, 1.807) is 0 Å². The molecule has 1 aromatic heterocycles. The fourth-order valence-electron chi connectivity index (χ4n) is 2.16. The van der Waals surface area contributed by atoms with Crippen molar-refractivity contribution < 1.29 is 4.79 Å². The molecule has 2 N–H and O–H groups in total. The number of aryl methyl sites for hydroxylation is 1. The van der Waals surface area contributed by atoms with Gasteiger partial charge in [-0.1, -0.05) is 18.5 Å². The molecule has 0 unspecified atom stereocenters. The molecule has 0 spiro atoms.